The Balaban J connectivity index is 1.18. The molecule has 6 nitrogen and oxygen atoms in total. The molecule has 0 radical (unpaired) electrons. The number of ether oxygens (including phenoxy) is 3. The van der Waals surface area contributed by atoms with Gasteiger partial charge in [0.05, 0.1) is 37.8 Å². The standard InChI is InChI=1S/C38H41N3O3/c1-38(27-42-24-23-40(2)25-30-15-7-3-8-16-30)28-43-37(44-29-38)36-39-34(32-19-11-5-12-20-32)35(33-21-13-6-14-22-33)41(36)26-31-17-9-4-10-18-31/h3-22,37H,23-29H2,1-2H3/t37-,38+. The van der Waals surface area contributed by atoms with Crippen LogP contribution < -0.4 is 0 Å². The zero-order valence-electron chi connectivity index (χ0n) is 25.6. The van der Waals surface area contributed by atoms with Gasteiger partial charge >= 0.3 is 0 Å². The summed E-state index contributed by atoms with van der Waals surface area (Å²) in [4.78, 5) is 7.51. The van der Waals surface area contributed by atoms with Gasteiger partial charge in [0.25, 0.3) is 0 Å². The fourth-order valence-electron chi connectivity index (χ4n) is 5.65. The Morgan fingerprint density at radius 2 is 1.32 bits per heavy atom. The summed E-state index contributed by atoms with van der Waals surface area (Å²) < 4.78 is 21.3. The molecule has 0 amide bonds. The number of rotatable bonds is 12. The minimum absolute atomic E-state index is 0.240. The molecule has 226 valence electrons. The fourth-order valence-corrected chi connectivity index (χ4v) is 5.65. The monoisotopic (exact) mass is 587 g/mol. The van der Waals surface area contributed by atoms with Crippen LogP contribution in [0.5, 0.6) is 0 Å². The Hall–Kier alpha value is -4.07. The van der Waals surface area contributed by atoms with E-state index < -0.39 is 6.29 Å². The van der Waals surface area contributed by atoms with E-state index in [4.69, 9.17) is 19.2 Å². The number of likely N-dealkylation sites (N-methyl/N-ethyl adjacent to an activating group) is 1. The van der Waals surface area contributed by atoms with Gasteiger partial charge in [-0.05, 0) is 18.2 Å². The third-order valence-corrected chi connectivity index (χ3v) is 8.02. The van der Waals surface area contributed by atoms with Crippen molar-refractivity contribution in [2.45, 2.75) is 26.3 Å². The van der Waals surface area contributed by atoms with Crippen molar-refractivity contribution in [2.24, 2.45) is 5.41 Å². The molecule has 1 aromatic heterocycles. The van der Waals surface area contributed by atoms with Crippen molar-refractivity contribution < 1.29 is 14.2 Å². The Morgan fingerprint density at radius 1 is 0.773 bits per heavy atom. The second-order valence-electron chi connectivity index (χ2n) is 12.0. The summed E-state index contributed by atoms with van der Waals surface area (Å²) in [7, 11) is 2.13. The number of hydrogen-bond donors (Lipinski definition) is 0. The third-order valence-electron chi connectivity index (χ3n) is 8.02. The van der Waals surface area contributed by atoms with Crippen molar-refractivity contribution in [1.82, 2.24) is 14.5 Å². The highest BCUT2D eigenvalue weighted by Crippen LogP contribution is 2.38. The maximum Gasteiger partial charge on any atom is 0.217 e. The smallest absolute Gasteiger partial charge is 0.217 e. The Bertz CT molecular complexity index is 1580. The number of nitrogens with zero attached hydrogens (tertiary/aromatic N) is 3. The lowest BCUT2D eigenvalue weighted by Gasteiger charge is -2.37. The molecule has 1 fully saturated rings. The molecule has 1 aliphatic rings. The van der Waals surface area contributed by atoms with Gasteiger partial charge in [0.2, 0.25) is 6.29 Å². The quantitative estimate of drug-likeness (QED) is 0.142. The topological polar surface area (TPSA) is 48.8 Å². The molecule has 6 heteroatoms. The van der Waals surface area contributed by atoms with E-state index in [0.717, 1.165) is 41.4 Å². The van der Waals surface area contributed by atoms with Gasteiger partial charge < -0.3 is 18.8 Å². The highest BCUT2D eigenvalue weighted by atomic mass is 16.7. The van der Waals surface area contributed by atoms with E-state index in [-0.39, 0.29) is 5.41 Å². The molecule has 5 aromatic rings. The van der Waals surface area contributed by atoms with E-state index in [1.54, 1.807) is 0 Å². The van der Waals surface area contributed by atoms with Crippen LogP contribution in [0.1, 0.15) is 30.2 Å². The first-order chi connectivity index (χ1) is 21.6. The van der Waals surface area contributed by atoms with Crippen LogP contribution in [0.2, 0.25) is 0 Å². The number of hydrogen-bond acceptors (Lipinski definition) is 5. The molecule has 6 rings (SSSR count). The second-order valence-corrected chi connectivity index (χ2v) is 12.0. The predicted octanol–water partition coefficient (Wildman–Crippen LogP) is 7.47. The summed E-state index contributed by atoms with van der Waals surface area (Å²) in [6, 6.07) is 41.8. The van der Waals surface area contributed by atoms with Crippen LogP contribution in [0.3, 0.4) is 0 Å². The van der Waals surface area contributed by atoms with Crippen molar-refractivity contribution in [2.75, 3.05) is 40.0 Å². The average molecular weight is 588 g/mol. The molecule has 2 heterocycles. The first-order valence-electron chi connectivity index (χ1n) is 15.4. The van der Waals surface area contributed by atoms with Gasteiger partial charge in [-0.2, -0.15) is 0 Å². The highest BCUT2D eigenvalue weighted by molar-refractivity contribution is 5.79. The first kappa shape index (κ1) is 30.0. The van der Waals surface area contributed by atoms with Crippen molar-refractivity contribution in [3.8, 4) is 22.5 Å². The predicted molar refractivity (Wildman–Crippen MR) is 175 cm³/mol. The molecule has 0 atom stereocenters. The van der Waals surface area contributed by atoms with Crippen molar-refractivity contribution >= 4 is 0 Å². The first-order valence-corrected chi connectivity index (χ1v) is 15.4. The molecule has 0 saturated carbocycles. The molecule has 4 aromatic carbocycles. The van der Waals surface area contributed by atoms with Crippen LogP contribution in [0, 0.1) is 5.41 Å². The third kappa shape index (κ3) is 7.34. The lowest BCUT2D eigenvalue weighted by Crippen LogP contribution is -2.41. The molecule has 0 spiro atoms. The molecule has 0 bridgehead atoms. The average Bonchev–Trinajstić information content (AvgIpc) is 3.44. The van der Waals surface area contributed by atoms with Crippen molar-refractivity contribution in [3.05, 3.63) is 138 Å². The summed E-state index contributed by atoms with van der Waals surface area (Å²) >= 11 is 0. The summed E-state index contributed by atoms with van der Waals surface area (Å²) in [5.41, 5.74) is 6.40. The van der Waals surface area contributed by atoms with Crippen molar-refractivity contribution in [1.29, 1.82) is 0 Å². The lowest BCUT2D eigenvalue weighted by molar-refractivity contribution is -0.243. The molecule has 0 aliphatic carbocycles. The van der Waals surface area contributed by atoms with E-state index in [0.29, 0.717) is 33.0 Å². The van der Waals surface area contributed by atoms with E-state index in [9.17, 15) is 0 Å². The lowest BCUT2D eigenvalue weighted by atomic mass is 9.93. The van der Waals surface area contributed by atoms with E-state index in [1.807, 2.05) is 24.3 Å². The van der Waals surface area contributed by atoms with Crippen LogP contribution in [-0.4, -0.2) is 54.5 Å². The van der Waals surface area contributed by atoms with Gasteiger partial charge in [-0.25, -0.2) is 4.98 Å². The number of aromatic nitrogens is 2. The zero-order valence-corrected chi connectivity index (χ0v) is 25.6. The molecule has 0 N–H and O–H groups in total. The van der Waals surface area contributed by atoms with Gasteiger partial charge in [0, 0.05) is 36.2 Å². The van der Waals surface area contributed by atoms with Crippen LogP contribution >= 0.6 is 0 Å². The number of benzene rings is 4. The maximum atomic E-state index is 6.46. The largest absolute Gasteiger partial charge is 0.379 e. The summed E-state index contributed by atoms with van der Waals surface area (Å²) in [5, 5.41) is 0. The van der Waals surface area contributed by atoms with Gasteiger partial charge in [0.15, 0.2) is 5.82 Å². The molecule has 1 saturated heterocycles. The van der Waals surface area contributed by atoms with Crippen LogP contribution in [0.15, 0.2) is 121 Å². The van der Waals surface area contributed by atoms with Gasteiger partial charge in [-0.3, -0.25) is 4.90 Å². The molecule has 0 unspecified atom stereocenters. The SMILES string of the molecule is CN(CCOC[C@]1(C)CO[C@H](c2nc(-c3ccccc3)c(-c3ccccc3)n2Cc2ccccc2)OC1)Cc1ccccc1. The normalized spacial score (nSPS) is 18.5. The molecule has 44 heavy (non-hydrogen) atoms. The van der Waals surface area contributed by atoms with Crippen LogP contribution in [0.4, 0.5) is 0 Å². The van der Waals surface area contributed by atoms with E-state index in [2.05, 4.69) is 121 Å². The Labute approximate surface area is 260 Å². The molecular formula is C38H41N3O3. The minimum Gasteiger partial charge on any atom is -0.379 e. The van der Waals surface area contributed by atoms with Gasteiger partial charge in [-0.15, -0.1) is 0 Å². The van der Waals surface area contributed by atoms with Crippen LogP contribution in [0.25, 0.3) is 22.5 Å². The van der Waals surface area contributed by atoms with E-state index in [1.165, 1.54) is 11.1 Å². The van der Waals surface area contributed by atoms with Gasteiger partial charge in [0.1, 0.15) is 0 Å². The second kappa shape index (κ2) is 14.1. The number of imidazole rings is 1. The maximum absolute atomic E-state index is 6.46. The Morgan fingerprint density at radius 3 is 1.93 bits per heavy atom. The van der Waals surface area contributed by atoms with E-state index >= 15 is 0 Å². The molecule has 1 aliphatic heterocycles. The summed E-state index contributed by atoms with van der Waals surface area (Å²) in [6.45, 7) is 6.86. The minimum atomic E-state index is -0.580. The highest BCUT2D eigenvalue weighted by Gasteiger charge is 2.37. The fraction of sp³-hybridized carbons (Fsp3) is 0.289. The zero-order chi connectivity index (χ0) is 30.2. The summed E-state index contributed by atoms with van der Waals surface area (Å²) in [5.74, 6) is 0.775. The Kier molecular flexibility index (Phi) is 9.64. The molecular weight excluding hydrogens is 546 g/mol. The van der Waals surface area contributed by atoms with Gasteiger partial charge in [-0.1, -0.05) is 128 Å². The summed E-state index contributed by atoms with van der Waals surface area (Å²) in [6.07, 6.45) is -0.580. The van der Waals surface area contributed by atoms with Crippen LogP contribution in [-0.2, 0) is 27.3 Å². The van der Waals surface area contributed by atoms with Crippen molar-refractivity contribution in [3.63, 3.8) is 0 Å².